The van der Waals surface area contributed by atoms with Crippen molar-refractivity contribution in [1.82, 2.24) is 20.0 Å². The van der Waals surface area contributed by atoms with Gasteiger partial charge in [-0.3, -0.25) is 4.79 Å². The first-order valence-electron chi connectivity index (χ1n) is 8.38. The largest absolute Gasteiger partial charge is 0.322 e. The van der Waals surface area contributed by atoms with E-state index in [1.165, 1.54) is 0 Å². The number of hydrogen-bond donors (Lipinski definition) is 1. The second-order valence-corrected chi connectivity index (χ2v) is 6.70. The van der Waals surface area contributed by atoms with E-state index < -0.39 is 0 Å². The number of hydrogen-bond acceptors (Lipinski definition) is 4. The Labute approximate surface area is 160 Å². The van der Waals surface area contributed by atoms with Crippen LogP contribution < -0.4 is 5.32 Å². The molecule has 0 saturated carbocycles. The number of aromatic nitrogens is 4. The number of benzene rings is 2. The van der Waals surface area contributed by atoms with Crippen LogP contribution in [-0.4, -0.2) is 25.9 Å². The van der Waals surface area contributed by atoms with Gasteiger partial charge in [0, 0.05) is 22.5 Å². The van der Waals surface area contributed by atoms with E-state index in [-0.39, 0.29) is 5.91 Å². The number of pyridine rings is 1. The Hall–Kier alpha value is -3.25. The second-order valence-electron chi connectivity index (χ2n) is 6.26. The van der Waals surface area contributed by atoms with Gasteiger partial charge in [0.2, 0.25) is 0 Å². The molecule has 0 fully saturated rings. The molecule has 0 bridgehead atoms. The number of halogens is 1. The van der Waals surface area contributed by atoms with Crippen LogP contribution in [0.25, 0.3) is 16.9 Å². The smallest absolute Gasteiger partial charge is 0.255 e. The molecule has 4 rings (SSSR count). The van der Waals surface area contributed by atoms with Crippen molar-refractivity contribution in [3.63, 3.8) is 0 Å². The van der Waals surface area contributed by atoms with Gasteiger partial charge in [-0.05, 0) is 73.5 Å². The number of rotatable bonds is 3. The molecule has 0 aliphatic rings. The zero-order valence-corrected chi connectivity index (χ0v) is 15.5. The molecule has 1 amide bonds. The third kappa shape index (κ3) is 3.27. The van der Waals surface area contributed by atoms with Crippen LogP contribution in [0.3, 0.4) is 0 Å². The van der Waals surface area contributed by atoms with Crippen molar-refractivity contribution in [3.8, 4) is 5.69 Å². The zero-order chi connectivity index (χ0) is 19.0. The number of nitrogens with one attached hydrogen (secondary N) is 1. The van der Waals surface area contributed by atoms with Gasteiger partial charge in [-0.1, -0.05) is 16.8 Å². The SMILES string of the molecule is Cc1cc(Cl)ccc1NC(=O)c1ccc(-n2nnc3cccnc32)c(C)c1. The summed E-state index contributed by atoms with van der Waals surface area (Å²) in [5.41, 5.74) is 5.32. The molecule has 6 nitrogen and oxygen atoms in total. The fraction of sp³-hybridized carbons (Fsp3) is 0.100. The average molecular weight is 378 g/mol. The van der Waals surface area contributed by atoms with E-state index in [4.69, 9.17) is 11.6 Å². The fourth-order valence-electron chi connectivity index (χ4n) is 2.92. The van der Waals surface area contributed by atoms with E-state index in [0.717, 1.165) is 28.0 Å². The molecule has 2 aromatic heterocycles. The lowest BCUT2D eigenvalue weighted by Crippen LogP contribution is -2.13. The molecule has 2 heterocycles. The summed E-state index contributed by atoms with van der Waals surface area (Å²) in [7, 11) is 0. The first kappa shape index (κ1) is 17.2. The predicted octanol–water partition coefficient (Wildman–Crippen LogP) is 4.34. The summed E-state index contributed by atoms with van der Waals surface area (Å²) in [6.07, 6.45) is 1.70. The van der Waals surface area contributed by atoms with Crippen LogP contribution >= 0.6 is 11.6 Å². The number of carbonyl (C=O) groups is 1. The lowest BCUT2D eigenvalue weighted by molar-refractivity contribution is 0.102. The molecule has 0 aliphatic carbocycles. The number of aryl methyl sites for hydroxylation is 2. The van der Waals surface area contributed by atoms with E-state index in [1.807, 2.05) is 44.2 Å². The van der Waals surface area contributed by atoms with Gasteiger partial charge < -0.3 is 5.32 Å². The molecular formula is C20H16ClN5O. The molecule has 0 spiro atoms. The monoisotopic (exact) mass is 377 g/mol. The van der Waals surface area contributed by atoms with Gasteiger partial charge >= 0.3 is 0 Å². The standard InChI is InChI=1S/C20H16ClN5O/c1-12-11-15(21)6-7-16(12)23-20(27)14-5-8-18(13(2)10-14)26-19-17(24-25-26)4-3-9-22-19/h3-11H,1-2H3,(H,23,27). The lowest BCUT2D eigenvalue weighted by atomic mass is 10.1. The summed E-state index contributed by atoms with van der Waals surface area (Å²) in [5.74, 6) is -0.184. The second kappa shape index (κ2) is 6.81. The van der Waals surface area contributed by atoms with Crippen molar-refractivity contribution in [3.05, 3.63) is 76.4 Å². The van der Waals surface area contributed by atoms with Crippen LogP contribution in [0.4, 0.5) is 5.69 Å². The summed E-state index contributed by atoms with van der Waals surface area (Å²) in [5, 5.41) is 11.9. The molecule has 0 radical (unpaired) electrons. The minimum absolute atomic E-state index is 0.184. The van der Waals surface area contributed by atoms with Crippen molar-refractivity contribution >= 4 is 34.4 Å². The zero-order valence-electron chi connectivity index (χ0n) is 14.8. The third-order valence-electron chi connectivity index (χ3n) is 4.33. The number of nitrogens with zero attached hydrogens (tertiary/aromatic N) is 4. The van der Waals surface area contributed by atoms with Crippen LogP contribution in [-0.2, 0) is 0 Å². The Morgan fingerprint density at radius 1 is 1.07 bits per heavy atom. The maximum atomic E-state index is 12.6. The van der Waals surface area contributed by atoms with Crippen molar-refractivity contribution in [2.45, 2.75) is 13.8 Å². The van der Waals surface area contributed by atoms with Gasteiger partial charge in [0.25, 0.3) is 5.91 Å². The van der Waals surface area contributed by atoms with Crippen LogP contribution in [0.5, 0.6) is 0 Å². The number of amides is 1. The Kier molecular flexibility index (Phi) is 4.33. The number of carbonyl (C=O) groups excluding carboxylic acids is 1. The van der Waals surface area contributed by atoms with Crippen LogP contribution in [0.15, 0.2) is 54.7 Å². The quantitative estimate of drug-likeness (QED) is 0.576. The molecule has 134 valence electrons. The van der Waals surface area contributed by atoms with E-state index in [0.29, 0.717) is 16.2 Å². The molecule has 27 heavy (non-hydrogen) atoms. The van der Waals surface area contributed by atoms with Gasteiger partial charge in [0.05, 0.1) is 5.69 Å². The minimum Gasteiger partial charge on any atom is -0.322 e. The molecule has 4 aromatic rings. The Morgan fingerprint density at radius 2 is 1.93 bits per heavy atom. The highest BCUT2D eigenvalue weighted by atomic mass is 35.5. The Balaban J connectivity index is 1.64. The van der Waals surface area contributed by atoms with Crippen molar-refractivity contribution in [2.24, 2.45) is 0 Å². The Morgan fingerprint density at radius 3 is 2.70 bits per heavy atom. The highest BCUT2D eigenvalue weighted by Gasteiger charge is 2.13. The van der Waals surface area contributed by atoms with E-state index >= 15 is 0 Å². The van der Waals surface area contributed by atoms with E-state index in [1.54, 1.807) is 29.1 Å². The van der Waals surface area contributed by atoms with E-state index in [9.17, 15) is 4.79 Å². The predicted molar refractivity (Wildman–Crippen MR) is 106 cm³/mol. The topological polar surface area (TPSA) is 72.7 Å². The third-order valence-corrected chi connectivity index (χ3v) is 4.57. The van der Waals surface area contributed by atoms with Gasteiger partial charge in [0.1, 0.15) is 5.52 Å². The molecule has 0 saturated heterocycles. The van der Waals surface area contributed by atoms with Crippen molar-refractivity contribution in [1.29, 1.82) is 0 Å². The number of anilines is 1. The molecular weight excluding hydrogens is 362 g/mol. The maximum Gasteiger partial charge on any atom is 0.255 e. The molecule has 1 N–H and O–H groups in total. The maximum absolute atomic E-state index is 12.6. The summed E-state index contributed by atoms with van der Waals surface area (Å²) >= 11 is 5.97. The summed E-state index contributed by atoms with van der Waals surface area (Å²) in [4.78, 5) is 17.0. The van der Waals surface area contributed by atoms with Crippen LogP contribution in [0, 0.1) is 13.8 Å². The summed E-state index contributed by atoms with van der Waals surface area (Å²) < 4.78 is 1.68. The normalized spacial score (nSPS) is 10.9. The Bertz CT molecular complexity index is 1170. The molecule has 0 aliphatic heterocycles. The highest BCUT2D eigenvalue weighted by Crippen LogP contribution is 2.22. The highest BCUT2D eigenvalue weighted by molar-refractivity contribution is 6.30. The van der Waals surface area contributed by atoms with Gasteiger partial charge in [-0.2, -0.15) is 4.68 Å². The van der Waals surface area contributed by atoms with E-state index in [2.05, 4.69) is 20.6 Å². The summed E-state index contributed by atoms with van der Waals surface area (Å²) in [6, 6.07) is 14.5. The van der Waals surface area contributed by atoms with Crippen LogP contribution in [0.1, 0.15) is 21.5 Å². The molecule has 7 heteroatoms. The van der Waals surface area contributed by atoms with Gasteiger partial charge in [-0.15, -0.1) is 5.10 Å². The molecule has 0 unspecified atom stereocenters. The first-order chi connectivity index (χ1) is 13.0. The van der Waals surface area contributed by atoms with Gasteiger partial charge in [0.15, 0.2) is 5.65 Å². The lowest BCUT2D eigenvalue weighted by Gasteiger charge is -2.11. The minimum atomic E-state index is -0.184. The molecule has 2 aromatic carbocycles. The number of fused-ring (bicyclic) bond motifs is 1. The average Bonchev–Trinajstić information content (AvgIpc) is 3.08. The fourth-order valence-corrected chi connectivity index (χ4v) is 3.15. The van der Waals surface area contributed by atoms with Crippen molar-refractivity contribution < 1.29 is 4.79 Å². The van der Waals surface area contributed by atoms with Crippen molar-refractivity contribution in [2.75, 3.05) is 5.32 Å². The van der Waals surface area contributed by atoms with Gasteiger partial charge in [-0.25, -0.2) is 4.98 Å². The summed E-state index contributed by atoms with van der Waals surface area (Å²) in [6.45, 7) is 3.83. The molecule has 0 atom stereocenters. The van der Waals surface area contributed by atoms with Crippen LogP contribution in [0.2, 0.25) is 5.02 Å². The first-order valence-corrected chi connectivity index (χ1v) is 8.76.